The van der Waals surface area contributed by atoms with E-state index in [0.717, 1.165) is 17.1 Å². The van der Waals surface area contributed by atoms with E-state index in [1.54, 1.807) is 4.90 Å². The van der Waals surface area contributed by atoms with E-state index in [-0.39, 0.29) is 17.1 Å². The molecule has 0 atom stereocenters. The third-order valence-corrected chi connectivity index (χ3v) is 4.83. The number of nitro groups is 1. The van der Waals surface area contributed by atoms with Crippen LogP contribution in [-0.4, -0.2) is 30.1 Å². The van der Waals surface area contributed by atoms with E-state index in [2.05, 4.69) is 20.8 Å². The van der Waals surface area contributed by atoms with Gasteiger partial charge in [-0.2, -0.15) is 5.10 Å². The average molecular weight is 379 g/mol. The van der Waals surface area contributed by atoms with E-state index in [9.17, 15) is 14.9 Å². The van der Waals surface area contributed by atoms with Crippen molar-refractivity contribution in [2.24, 2.45) is 0 Å². The summed E-state index contributed by atoms with van der Waals surface area (Å²) in [7, 11) is 0. The van der Waals surface area contributed by atoms with Crippen LogP contribution in [0.3, 0.4) is 0 Å². The van der Waals surface area contributed by atoms with Crippen molar-refractivity contribution in [3.05, 3.63) is 75.7 Å². The van der Waals surface area contributed by atoms with Gasteiger partial charge in [-0.05, 0) is 45.0 Å². The second-order valence-corrected chi connectivity index (χ2v) is 7.89. The molecule has 28 heavy (non-hydrogen) atoms. The SMILES string of the molecule is CC(C)(C)n1nc2c(c1-n1cccc1)CN(C(=O)c1ccc([N+](=O)[O-])cc1)C2. The number of fused-ring (bicyclic) bond motifs is 1. The van der Waals surface area contributed by atoms with Crippen molar-refractivity contribution >= 4 is 11.6 Å². The predicted octanol–water partition coefficient (Wildman–Crippen LogP) is 3.49. The third-order valence-electron chi connectivity index (χ3n) is 4.83. The topological polar surface area (TPSA) is 86.2 Å². The van der Waals surface area contributed by atoms with Gasteiger partial charge >= 0.3 is 0 Å². The molecule has 0 spiro atoms. The Balaban J connectivity index is 1.65. The van der Waals surface area contributed by atoms with Crippen LogP contribution in [0.2, 0.25) is 0 Å². The number of benzene rings is 1. The fourth-order valence-corrected chi connectivity index (χ4v) is 3.46. The molecule has 0 N–H and O–H groups in total. The fourth-order valence-electron chi connectivity index (χ4n) is 3.46. The largest absolute Gasteiger partial charge is 0.328 e. The Hall–Kier alpha value is -3.42. The molecule has 0 fully saturated rings. The monoisotopic (exact) mass is 379 g/mol. The normalized spacial score (nSPS) is 13.6. The van der Waals surface area contributed by atoms with Crippen LogP contribution in [0.4, 0.5) is 5.69 Å². The first kappa shape index (κ1) is 18.0. The summed E-state index contributed by atoms with van der Waals surface area (Å²) < 4.78 is 4.03. The van der Waals surface area contributed by atoms with E-state index in [0.29, 0.717) is 18.7 Å². The zero-order chi connectivity index (χ0) is 20.1. The highest BCUT2D eigenvalue weighted by Crippen LogP contribution is 2.32. The minimum absolute atomic E-state index is 0.0300. The van der Waals surface area contributed by atoms with Gasteiger partial charge in [0.05, 0.1) is 29.2 Å². The number of aromatic nitrogens is 3. The molecule has 0 saturated heterocycles. The maximum absolute atomic E-state index is 12.9. The number of hydrogen-bond donors (Lipinski definition) is 0. The van der Waals surface area contributed by atoms with Crippen LogP contribution in [0, 0.1) is 10.1 Å². The van der Waals surface area contributed by atoms with Crippen molar-refractivity contribution in [1.82, 2.24) is 19.2 Å². The number of carbonyl (C=O) groups excluding carboxylic acids is 1. The highest BCUT2D eigenvalue weighted by molar-refractivity contribution is 5.94. The maximum atomic E-state index is 12.9. The molecule has 0 aliphatic carbocycles. The molecule has 0 radical (unpaired) electrons. The summed E-state index contributed by atoms with van der Waals surface area (Å²) in [5.41, 5.74) is 2.12. The fraction of sp³-hybridized carbons (Fsp3) is 0.300. The summed E-state index contributed by atoms with van der Waals surface area (Å²) in [6.07, 6.45) is 3.95. The van der Waals surface area contributed by atoms with E-state index in [1.807, 2.05) is 33.8 Å². The third kappa shape index (κ3) is 2.96. The van der Waals surface area contributed by atoms with Gasteiger partial charge in [0.25, 0.3) is 11.6 Å². The first-order chi connectivity index (χ1) is 13.3. The summed E-state index contributed by atoms with van der Waals surface area (Å²) in [4.78, 5) is 24.9. The molecule has 0 bridgehead atoms. The van der Waals surface area contributed by atoms with E-state index < -0.39 is 4.92 Å². The second-order valence-electron chi connectivity index (χ2n) is 7.89. The predicted molar refractivity (Wildman–Crippen MR) is 103 cm³/mol. The lowest BCUT2D eigenvalue weighted by molar-refractivity contribution is -0.384. The van der Waals surface area contributed by atoms with Crippen molar-refractivity contribution < 1.29 is 9.72 Å². The zero-order valence-electron chi connectivity index (χ0n) is 16.0. The van der Waals surface area contributed by atoms with Gasteiger partial charge < -0.3 is 9.47 Å². The molecule has 0 saturated carbocycles. The molecule has 4 rings (SSSR count). The van der Waals surface area contributed by atoms with E-state index in [1.165, 1.54) is 24.3 Å². The molecule has 8 heteroatoms. The van der Waals surface area contributed by atoms with Crippen LogP contribution in [0.5, 0.6) is 0 Å². The van der Waals surface area contributed by atoms with Crippen LogP contribution in [-0.2, 0) is 18.6 Å². The molecule has 3 aromatic rings. The average Bonchev–Trinajstić information content (AvgIpc) is 3.35. The van der Waals surface area contributed by atoms with Crippen molar-refractivity contribution in [2.45, 2.75) is 39.4 Å². The molecular weight excluding hydrogens is 358 g/mol. The molecular formula is C20H21N5O3. The Labute approximate surface area is 162 Å². The van der Waals surface area contributed by atoms with Gasteiger partial charge in [0.1, 0.15) is 5.82 Å². The quantitative estimate of drug-likeness (QED) is 0.515. The molecule has 2 aromatic heterocycles. The molecule has 1 amide bonds. The number of non-ortho nitro benzene ring substituents is 1. The Morgan fingerprint density at radius 1 is 1.11 bits per heavy atom. The van der Waals surface area contributed by atoms with Gasteiger partial charge in [-0.3, -0.25) is 14.9 Å². The van der Waals surface area contributed by atoms with Crippen LogP contribution < -0.4 is 0 Å². The lowest BCUT2D eigenvalue weighted by Gasteiger charge is -2.24. The van der Waals surface area contributed by atoms with Crippen molar-refractivity contribution in [2.75, 3.05) is 0 Å². The number of hydrogen-bond acceptors (Lipinski definition) is 4. The highest BCUT2D eigenvalue weighted by atomic mass is 16.6. The first-order valence-corrected chi connectivity index (χ1v) is 9.04. The van der Waals surface area contributed by atoms with Crippen molar-refractivity contribution in [3.63, 3.8) is 0 Å². The standard InChI is InChI=1S/C20H21N5O3/c1-20(2,3)24-18(22-10-4-5-11-22)16-12-23(13-17(16)21-24)19(26)14-6-8-15(9-7-14)25(27)28/h4-11H,12-13H2,1-3H3. The number of amides is 1. The second kappa shape index (κ2) is 6.33. The smallest absolute Gasteiger partial charge is 0.269 e. The number of nitro benzene ring substituents is 1. The molecule has 3 heterocycles. The molecule has 144 valence electrons. The minimum Gasteiger partial charge on any atom is -0.328 e. The molecule has 1 aromatic carbocycles. The van der Waals surface area contributed by atoms with Gasteiger partial charge in [-0.1, -0.05) is 0 Å². The molecule has 1 aliphatic rings. The number of rotatable bonds is 3. The summed E-state index contributed by atoms with van der Waals surface area (Å²) >= 11 is 0. The van der Waals surface area contributed by atoms with Crippen LogP contribution >= 0.6 is 0 Å². The lowest BCUT2D eigenvalue weighted by Crippen LogP contribution is -2.29. The van der Waals surface area contributed by atoms with Crippen LogP contribution in [0.15, 0.2) is 48.8 Å². The Kier molecular flexibility index (Phi) is 4.06. The molecule has 8 nitrogen and oxygen atoms in total. The van der Waals surface area contributed by atoms with Gasteiger partial charge in [0.2, 0.25) is 0 Å². The Morgan fingerprint density at radius 2 is 1.75 bits per heavy atom. The van der Waals surface area contributed by atoms with Crippen LogP contribution in [0.25, 0.3) is 5.82 Å². The summed E-state index contributed by atoms with van der Waals surface area (Å²) in [6, 6.07) is 9.63. The maximum Gasteiger partial charge on any atom is 0.269 e. The summed E-state index contributed by atoms with van der Waals surface area (Å²) in [5.74, 6) is 0.806. The van der Waals surface area contributed by atoms with E-state index >= 15 is 0 Å². The van der Waals surface area contributed by atoms with Crippen molar-refractivity contribution in [1.29, 1.82) is 0 Å². The first-order valence-electron chi connectivity index (χ1n) is 9.04. The number of nitrogens with zero attached hydrogens (tertiary/aromatic N) is 5. The van der Waals surface area contributed by atoms with E-state index in [4.69, 9.17) is 5.10 Å². The Morgan fingerprint density at radius 3 is 2.32 bits per heavy atom. The Bertz CT molecular complexity index is 1040. The van der Waals surface area contributed by atoms with Crippen LogP contribution in [0.1, 0.15) is 42.4 Å². The highest BCUT2D eigenvalue weighted by Gasteiger charge is 2.34. The zero-order valence-corrected chi connectivity index (χ0v) is 16.0. The lowest BCUT2D eigenvalue weighted by atomic mass is 10.1. The minimum atomic E-state index is -0.474. The van der Waals surface area contributed by atoms with Gasteiger partial charge in [0, 0.05) is 35.7 Å². The van der Waals surface area contributed by atoms with Crippen molar-refractivity contribution in [3.8, 4) is 5.82 Å². The summed E-state index contributed by atoms with van der Waals surface area (Å²) in [6.45, 7) is 7.17. The molecule has 1 aliphatic heterocycles. The number of carbonyl (C=O) groups is 1. The van der Waals surface area contributed by atoms with Gasteiger partial charge in [0.15, 0.2) is 0 Å². The van der Waals surface area contributed by atoms with Gasteiger partial charge in [-0.15, -0.1) is 0 Å². The summed E-state index contributed by atoms with van der Waals surface area (Å²) in [5, 5.41) is 15.6. The molecule has 0 unspecified atom stereocenters. The van der Waals surface area contributed by atoms with Gasteiger partial charge in [-0.25, -0.2) is 4.68 Å².